The molecule has 0 aliphatic rings. The molecule has 3 rings (SSSR count). The molecule has 26 heavy (non-hydrogen) atoms. The third-order valence-electron chi connectivity index (χ3n) is 3.61. The van der Waals surface area contributed by atoms with E-state index in [1.807, 2.05) is 48.5 Å². The van der Waals surface area contributed by atoms with E-state index in [9.17, 15) is 4.79 Å². The highest BCUT2D eigenvalue weighted by molar-refractivity contribution is 5.95. The number of hydrogen-bond donors (Lipinski definition) is 0. The Morgan fingerprint density at radius 3 is 1.38 bits per heavy atom. The van der Waals surface area contributed by atoms with Crippen molar-refractivity contribution in [3.05, 3.63) is 84.4 Å². The average molecular weight is 366 g/mol. The predicted octanol–water partition coefficient (Wildman–Crippen LogP) is 4.65. The van der Waals surface area contributed by atoms with Gasteiger partial charge in [0.05, 0.1) is 8.41 Å². The lowest BCUT2D eigenvalue weighted by molar-refractivity contribution is 0.101. The molecule has 0 bridgehead atoms. The predicted molar refractivity (Wildman–Crippen MR) is 107 cm³/mol. The van der Waals surface area contributed by atoms with Crippen molar-refractivity contribution < 1.29 is 23.6 Å². The second kappa shape index (κ2) is 12.5. The molecule has 0 radical (unpaired) electrons. The Balaban J connectivity index is -0.00000106. The number of benzene rings is 3. The number of carbonyl (C=O) groups is 1. The number of rotatable bonds is 3. The summed E-state index contributed by atoms with van der Waals surface area (Å²) >= 11 is 0. The van der Waals surface area contributed by atoms with Crippen molar-refractivity contribution in [1.29, 1.82) is 0 Å². The van der Waals surface area contributed by atoms with Gasteiger partial charge in [-0.2, -0.15) is 0 Å². The molecule has 0 atom stereocenters. The van der Waals surface area contributed by atoms with E-state index < -0.39 is 0 Å². The van der Waals surface area contributed by atoms with Gasteiger partial charge in [0.2, 0.25) is 0 Å². The van der Waals surface area contributed by atoms with Crippen LogP contribution in [0.1, 0.15) is 17.3 Å². The molecule has 0 heterocycles. The fourth-order valence-electron chi connectivity index (χ4n) is 2.49. The van der Waals surface area contributed by atoms with E-state index in [4.69, 9.17) is 0 Å². The molecule has 0 spiro atoms. The summed E-state index contributed by atoms with van der Waals surface area (Å²) in [6.45, 7) is 1.59. The minimum atomic E-state index is 0. The first kappa shape index (κ1) is 27.9. The topological polar surface area (TPSA) is 17.1 Å². The maximum Gasteiger partial charge on any atom is 0.159 e. The van der Waals surface area contributed by atoms with Crippen molar-refractivity contribution in [3.8, 4) is 22.3 Å². The van der Waals surface area contributed by atoms with Crippen molar-refractivity contribution in [2.75, 3.05) is 0 Å². The zero-order chi connectivity index (χ0) is 14.7. The summed E-state index contributed by atoms with van der Waals surface area (Å²) in [5, 5.41) is 0. The Morgan fingerprint density at radius 1 is 0.577 bits per heavy atom. The van der Waals surface area contributed by atoms with Crippen LogP contribution < -0.4 is 0 Å². The molecule has 0 aliphatic heterocycles. The highest BCUT2D eigenvalue weighted by atomic mass is 19.0. The summed E-state index contributed by atoms with van der Waals surface area (Å²) in [4.78, 5) is 11.4. The minimum Gasteiger partial charge on any atom is -0.295 e. The average Bonchev–Trinajstić information content (AvgIpc) is 2.56. The van der Waals surface area contributed by atoms with E-state index in [0.717, 1.165) is 11.1 Å². The van der Waals surface area contributed by atoms with E-state index in [2.05, 4.69) is 30.3 Å². The SMILES string of the molecule is B.CC(=O)c1ccc(-c2ccccc2-c2ccccc2)cc1.F.F.F.F. The third-order valence-corrected chi connectivity index (χ3v) is 3.61. The first-order valence-corrected chi connectivity index (χ1v) is 7.01. The van der Waals surface area contributed by atoms with Crippen molar-refractivity contribution in [2.24, 2.45) is 0 Å². The van der Waals surface area contributed by atoms with Gasteiger partial charge in [0.1, 0.15) is 0 Å². The summed E-state index contributed by atoms with van der Waals surface area (Å²) in [5.41, 5.74) is 5.45. The fraction of sp³-hybridized carbons (Fsp3) is 0.0500. The lowest BCUT2D eigenvalue weighted by Gasteiger charge is -2.10. The van der Waals surface area contributed by atoms with Crippen molar-refractivity contribution in [1.82, 2.24) is 0 Å². The Morgan fingerprint density at radius 2 is 0.962 bits per heavy atom. The van der Waals surface area contributed by atoms with Gasteiger partial charge in [-0.1, -0.05) is 78.9 Å². The van der Waals surface area contributed by atoms with Gasteiger partial charge in [0.25, 0.3) is 0 Å². The number of hydrogen-bond acceptors (Lipinski definition) is 1. The molecule has 0 aromatic heterocycles. The quantitative estimate of drug-likeness (QED) is 0.375. The van der Waals surface area contributed by atoms with Crippen molar-refractivity contribution in [2.45, 2.75) is 6.92 Å². The molecule has 6 heteroatoms. The van der Waals surface area contributed by atoms with Crippen LogP contribution in [0, 0.1) is 0 Å². The molecule has 0 unspecified atom stereocenters. The molecule has 0 N–H and O–H groups in total. The second-order valence-electron chi connectivity index (χ2n) is 5.05. The molecule has 140 valence electrons. The van der Waals surface area contributed by atoms with Gasteiger partial charge in [-0.15, -0.1) is 0 Å². The van der Waals surface area contributed by atoms with Crippen LogP contribution >= 0.6 is 0 Å². The molecule has 0 aliphatic carbocycles. The van der Waals surface area contributed by atoms with E-state index in [1.54, 1.807) is 6.92 Å². The summed E-state index contributed by atoms with van der Waals surface area (Å²) < 4.78 is 0. The molecule has 0 saturated heterocycles. The Bertz CT molecular complexity index is 777. The normalized spacial score (nSPS) is 8.35. The number of Topliss-reactive ketones (excluding diaryl/α,β-unsaturated/α-hetero) is 1. The second-order valence-corrected chi connectivity index (χ2v) is 5.05. The van der Waals surface area contributed by atoms with E-state index in [-0.39, 0.29) is 33.0 Å². The minimum absolute atomic E-state index is 0. The molecule has 1 nitrogen and oxygen atoms in total. The van der Waals surface area contributed by atoms with Gasteiger partial charge in [-0.25, -0.2) is 0 Å². The molecule has 3 aromatic carbocycles. The monoisotopic (exact) mass is 366 g/mol. The van der Waals surface area contributed by atoms with E-state index >= 15 is 0 Å². The standard InChI is InChI=1S/C20H16O.BH3.4FH/c1-15(21)16-11-13-18(14-12-16)20-10-6-5-9-19(20)17-7-3-2-4-8-17;;;;;/h2-14H,1H3;1H3;4*1H. The van der Waals surface area contributed by atoms with Crippen LogP contribution in [0.3, 0.4) is 0 Å². The summed E-state index contributed by atoms with van der Waals surface area (Å²) in [6, 6.07) is 26.5. The Kier molecular flexibility index (Phi) is 13.4. The zero-order valence-corrected chi connectivity index (χ0v) is 13.5. The molecule has 0 amide bonds. The van der Waals surface area contributed by atoms with E-state index in [1.165, 1.54) is 16.7 Å². The Labute approximate surface area is 152 Å². The van der Waals surface area contributed by atoms with E-state index in [0.29, 0.717) is 0 Å². The smallest absolute Gasteiger partial charge is 0.159 e. The highest BCUT2D eigenvalue weighted by Crippen LogP contribution is 2.31. The summed E-state index contributed by atoms with van der Waals surface area (Å²) in [7, 11) is 0. The van der Waals surface area contributed by atoms with Gasteiger partial charge < -0.3 is 0 Å². The highest BCUT2D eigenvalue weighted by Gasteiger charge is 2.07. The molecular weight excluding hydrogens is 343 g/mol. The first-order chi connectivity index (χ1) is 10.3. The number of ketones is 1. The molecule has 0 fully saturated rings. The van der Waals surface area contributed by atoms with Crippen LogP contribution in [0.25, 0.3) is 22.3 Å². The van der Waals surface area contributed by atoms with Gasteiger partial charge in [-0.05, 0) is 29.2 Å². The zero-order valence-electron chi connectivity index (χ0n) is 13.5. The lowest BCUT2D eigenvalue weighted by Crippen LogP contribution is -1.91. The van der Waals surface area contributed by atoms with Crippen LogP contribution in [0.2, 0.25) is 0 Å². The molecular formula is C20H23BF4O. The third kappa shape index (κ3) is 5.88. The number of halogens is 4. The fourth-order valence-corrected chi connectivity index (χ4v) is 2.49. The van der Waals surface area contributed by atoms with Gasteiger partial charge in [0.15, 0.2) is 5.78 Å². The first-order valence-electron chi connectivity index (χ1n) is 7.01. The van der Waals surface area contributed by atoms with Gasteiger partial charge in [-0.3, -0.25) is 23.6 Å². The van der Waals surface area contributed by atoms with Crippen LogP contribution in [-0.4, -0.2) is 14.2 Å². The van der Waals surface area contributed by atoms with Crippen LogP contribution in [0.5, 0.6) is 0 Å². The van der Waals surface area contributed by atoms with Gasteiger partial charge >= 0.3 is 0 Å². The lowest BCUT2D eigenvalue weighted by atomic mass is 9.94. The molecule has 0 saturated carbocycles. The van der Waals surface area contributed by atoms with Crippen molar-refractivity contribution in [3.63, 3.8) is 0 Å². The summed E-state index contributed by atoms with van der Waals surface area (Å²) in [5.74, 6) is 0.0953. The molecule has 3 aromatic rings. The van der Waals surface area contributed by atoms with Crippen LogP contribution in [0.15, 0.2) is 78.9 Å². The van der Waals surface area contributed by atoms with Crippen LogP contribution in [0.4, 0.5) is 18.8 Å². The maximum atomic E-state index is 11.4. The summed E-state index contributed by atoms with van der Waals surface area (Å²) in [6.07, 6.45) is 0. The van der Waals surface area contributed by atoms with Crippen molar-refractivity contribution >= 4 is 14.2 Å². The van der Waals surface area contributed by atoms with Gasteiger partial charge in [0, 0.05) is 5.56 Å². The Hall–Kier alpha value is -2.89. The van der Waals surface area contributed by atoms with Crippen LogP contribution in [-0.2, 0) is 0 Å². The largest absolute Gasteiger partial charge is 0.295 e. The maximum absolute atomic E-state index is 11.4. The number of carbonyl (C=O) groups excluding carboxylic acids is 1.